The van der Waals surface area contributed by atoms with E-state index in [1.54, 1.807) is 0 Å². The Morgan fingerprint density at radius 3 is 2.75 bits per heavy atom. The number of benzene rings is 1. The lowest BCUT2D eigenvalue weighted by Crippen LogP contribution is -2.34. The molecule has 5 heteroatoms. The summed E-state index contributed by atoms with van der Waals surface area (Å²) >= 11 is 9.18. The molecule has 1 aromatic rings. The van der Waals surface area contributed by atoms with Crippen LogP contribution in [-0.4, -0.2) is 23.0 Å². The summed E-state index contributed by atoms with van der Waals surface area (Å²) in [5.74, 6) is -0.954. The molecular formula is C11H13BrClNO2. The Morgan fingerprint density at radius 1 is 1.56 bits per heavy atom. The smallest absolute Gasteiger partial charge is 0.235 e. The van der Waals surface area contributed by atoms with E-state index >= 15 is 0 Å². The van der Waals surface area contributed by atoms with E-state index in [9.17, 15) is 9.90 Å². The summed E-state index contributed by atoms with van der Waals surface area (Å²) in [4.78, 5) is 10.9. The average molecular weight is 307 g/mol. The van der Waals surface area contributed by atoms with Gasteiger partial charge in [-0.2, -0.15) is 0 Å². The second-order valence-electron chi connectivity index (χ2n) is 3.58. The fourth-order valence-electron chi connectivity index (χ4n) is 1.46. The molecule has 2 unspecified atom stereocenters. The Hall–Kier alpha value is -0.580. The third-order valence-corrected chi connectivity index (χ3v) is 3.37. The van der Waals surface area contributed by atoms with Crippen LogP contribution in [0, 0.1) is 5.92 Å². The number of primary amides is 1. The fraction of sp³-hybridized carbons (Fsp3) is 0.364. The van der Waals surface area contributed by atoms with Crippen LogP contribution >= 0.6 is 27.5 Å². The first-order valence-electron chi connectivity index (χ1n) is 4.83. The molecule has 0 aliphatic rings. The van der Waals surface area contributed by atoms with Crippen molar-refractivity contribution in [1.29, 1.82) is 0 Å². The van der Waals surface area contributed by atoms with Crippen molar-refractivity contribution in [3.63, 3.8) is 0 Å². The molecule has 1 aromatic carbocycles. The fourth-order valence-corrected chi connectivity index (χ4v) is 2.07. The van der Waals surface area contributed by atoms with E-state index in [1.165, 1.54) is 0 Å². The van der Waals surface area contributed by atoms with E-state index < -0.39 is 11.3 Å². The van der Waals surface area contributed by atoms with Crippen LogP contribution in [0.1, 0.15) is 5.56 Å². The van der Waals surface area contributed by atoms with Gasteiger partial charge >= 0.3 is 0 Å². The van der Waals surface area contributed by atoms with E-state index in [2.05, 4.69) is 15.9 Å². The molecule has 0 spiro atoms. The molecule has 0 heterocycles. The summed E-state index contributed by atoms with van der Waals surface area (Å²) in [6.45, 7) is -0.163. The molecule has 0 saturated heterocycles. The van der Waals surface area contributed by atoms with Gasteiger partial charge in [-0.15, -0.1) is 11.6 Å². The highest BCUT2D eigenvalue weighted by Crippen LogP contribution is 2.19. The third kappa shape index (κ3) is 3.77. The minimum Gasteiger partial charge on any atom is -0.396 e. The van der Waals surface area contributed by atoms with Gasteiger partial charge < -0.3 is 10.8 Å². The lowest BCUT2D eigenvalue weighted by molar-refractivity contribution is -0.118. The molecule has 0 bridgehead atoms. The number of halogens is 2. The Balaban J connectivity index is 2.74. The molecule has 0 fully saturated rings. The Kier molecular flexibility index (Phi) is 5.25. The SMILES string of the molecule is NC(=O)C(Cl)C(CO)Cc1cccc(Br)c1. The zero-order chi connectivity index (χ0) is 12.1. The first-order chi connectivity index (χ1) is 7.54. The summed E-state index contributed by atoms with van der Waals surface area (Å²) in [5, 5.41) is 8.33. The van der Waals surface area contributed by atoms with Gasteiger partial charge in [0.15, 0.2) is 0 Å². The molecular weight excluding hydrogens is 293 g/mol. The van der Waals surface area contributed by atoms with Crippen molar-refractivity contribution >= 4 is 33.4 Å². The molecule has 1 amide bonds. The van der Waals surface area contributed by atoms with Crippen LogP contribution in [0.3, 0.4) is 0 Å². The molecule has 2 atom stereocenters. The van der Waals surface area contributed by atoms with E-state index in [4.69, 9.17) is 17.3 Å². The van der Waals surface area contributed by atoms with E-state index in [-0.39, 0.29) is 12.5 Å². The van der Waals surface area contributed by atoms with Gasteiger partial charge in [0.1, 0.15) is 5.38 Å². The highest BCUT2D eigenvalue weighted by Gasteiger charge is 2.23. The van der Waals surface area contributed by atoms with Crippen molar-refractivity contribution in [2.45, 2.75) is 11.8 Å². The number of aliphatic hydroxyl groups excluding tert-OH is 1. The summed E-state index contributed by atoms with van der Waals surface area (Å²) in [6.07, 6.45) is 0.521. The van der Waals surface area contributed by atoms with Gasteiger partial charge in [0.05, 0.1) is 0 Å². The summed E-state index contributed by atoms with van der Waals surface area (Å²) in [5.41, 5.74) is 6.11. The van der Waals surface area contributed by atoms with Crippen LogP contribution in [0.5, 0.6) is 0 Å². The molecule has 0 saturated carbocycles. The minimum atomic E-state index is -0.844. The van der Waals surface area contributed by atoms with Crippen molar-refractivity contribution in [3.8, 4) is 0 Å². The highest BCUT2D eigenvalue weighted by molar-refractivity contribution is 9.10. The third-order valence-electron chi connectivity index (χ3n) is 2.31. The largest absolute Gasteiger partial charge is 0.396 e. The van der Waals surface area contributed by atoms with Gasteiger partial charge in [0.25, 0.3) is 0 Å². The number of amides is 1. The van der Waals surface area contributed by atoms with Crippen molar-refractivity contribution in [2.75, 3.05) is 6.61 Å². The normalized spacial score (nSPS) is 14.4. The molecule has 1 rings (SSSR count). The van der Waals surface area contributed by atoms with Gasteiger partial charge in [-0.25, -0.2) is 0 Å². The van der Waals surface area contributed by atoms with Crippen LogP contribution in [0.4, 0.5) is 0 Å². The van der Waals surface area contributed by atoms with Crippen molar-refractivity contribution < 1.29 is 9.90 Å². The zero-order valence-corrected chi connectivity index (χ0v) is 10.9. The van der Waals surface area contributed by atoms with Crippen LogP contribution < -0.4 is 5.73 Å². The quantitative estimate of drug-likeness (QED) is 0.813. The standard InChI is InChI=1S/C11H13BrClNO2/c12-9-3-1-2-7(5-9)4-8(6-15)10(13)11(14)16/h1-3,5,8,10,15H,4,6H2,(H2,14,16). The molecule has 0 aromatic heterocycles. The Labute approximate surface area is 108 Å². The van der Waals surface area contributed by atoms with Crippen molar-refractivity contribution in [3.05, 3.63) is 34.3 Å². The Morgan fingerprint density at radius 2 is 2.25 bits per heavy atom. The number of aliphatic hydroxyl groups is 1. The van der Waals surface area contributed by atoms with Crippen LogP contribution in [-0.2, 0) is 11.2 Å². The lowest BCUT2D eigenvalue weighted by atomic mass is 9.96. The topological polar surface area (TPSA) is 63.3 Å². The number of alkyl halides is 1. The number of carbonyl (C=O) groups excluding carboxylic acids is 1. The van der Waals surface area contributed by atoms with Gasteiger partial charge in [-0.1, -0.05) is 28.1 Å². The van der Waals surface area contributed by atoms with Crippen LogP contribution in [0.2, 0.25) is 0 Å². The molecule has 88 valence electrons. The maximum atomic E-state index is 10.9. The molecule has 0 radical (unpaired) electrons. The van der Waals surface area contributed by atoms with Gasteiger partial charge in [0.2, 0.25) is 5.91 Å². The minimum absolute atomic E-state index is 0.163. The first kappa shape index (κ1) is 13.5. The van der Waals surface area contributed by atoms with Crippen molar-refractivity contribution in [1.82, 2.24) is 0 Å². The maximum absolute atomic E-state index is 10.9. The number of hydrogen-bond acceptors (Lipinski definition) is 2. The van der Waals surface area contributed by atoms with E-state index in [0.29, 0.717) is 6.42 Å². The molecule has 3 N–H and O–H groups in total. The Bertz CT molecular complexity index is 373. The summed E-state index contributed by atoms with van der Waals surface area (Å²) in [6, 6.07) is 7.64. The predicted molar refractivity (Wildman–Crippen MR) is 67.3 cm³/mol. The zero-order valence-electron chi connectivity index (χ0n) is 8.57. The second kappa shape index (κ2) is 6.23. The molecule has 3 nitrogen and oxygen atoms in total. The predicted octanol–water partition coefficient (Wildman–Crippen LogP) is 1.69. The highest BCUT2D eigenvalue weighted by atomic mass is 79.9. The summed E-state index contributed by atoms with van der Waals surface area (Å²) < 4.78 is 0.951. The van der Waals surface area contributed by atoms with Crippen molar-refractivity contribution in [2.24, 2.45) is 11.7 Å². The number of hydrogen-bond donors (Lipinski definition) is 2. The number of carbonyl (C=O) groups is 1. The number of nitrogens with two attached hydrogens (primary N) is 1. The summed E-state index contributed by atoms with van der Waals surface area (Å²) in [7, 11) is 0. The first-order valence-corrected chi connectivity index (χ1v) is 6.06. The number of rotatable bonds is 5. The van der Waals surface area contributed by atoms with Gasteiger partial charge in [0, 0.05) is 17.0 Å². The molecule has 0 aliphatic carbocycles. The van der Waals surface area contributed by atoms with Gasteiger partial charge in [-0.3, -0.25) is 4.79 Å². The molecule has 0 aliphatic heterocycles. The monoisotopic (exact) mass is 305 g/mol. The van der Waals surface area contributed by atoms with E-state index in [0.717, 1.165) is 10.0 Å². The molecule has 16 heavy (non-hydrogen) atoms. The second-order valence-corrected chi connectivity index (χ2v) is 4.97. The van der Waals surface area contributed by atoms with Gasteiger partial charge in [-0.05, 0) is 24.1 Å². The maximum Gasteiger partial charge on any atom is 0.235 e. The van der Waals surface area contributed by atoms with Crippen LogP contribution in [0.15, 0.2) is 28.7 Å². The van der Waals surface area contributed by atoms with E-state index in [1.807, 2.05) is 24.3 Å². The van der Waals surface area contributed by atoms with Crippen LogP contribution in [0.25, 0.3) is 0 Å². The lowest BCUT2D eigenvalue weighted by Gasteiger charge is -2.17. The average Bonchev–Trinajstić information content (AvgIpc) is 2.25.